The van der Waals surface area contributed by atoms with Crippen LogP contribution in [-0.4, -0.2) is 21.2 Å². The van der Waals surface area contributed by atoms with Gasteiger partial charge in [-0.3, -0.25) is 18.7 Å². The molecule has 0 amide bonds. The second-order valence-electron chi connectivity index (χ2n) is 3.92. The number of hydrogen-bond donors (Lipinski definition) is 3. The third kappa shape index (κ3) is 1.35. The first kappa shape index (κ1) is 12.0. The first-order chi connectivity index (χ1) is 8.40. The highest BCUT2D eigenvalue weighted by Gasteiger charge is 2.16. The number of fused-ring (bicyclic) bond motifs is 1. The van der Waals surface area contributed by atoms with Crippen LogP contribution in [0.2, 0.25) is 0 Å². The van der Waals surface area contributed by atoms with Gasteiger partial charge in [-0.15, -0.1) is 0 Å². The Bertz CT molecular complexity index is 811. The molecular formula is C10H13N5O3. The predicted molar refractivity (Wildman–Crippen MR) is 69.0 cm³/mol. The first-order valence-corrected chi connectivity index (χ1v) is 5.19. The van der Waals surface area contributed by atoms with Crippen LogP contribution >= 0.6 is 0 Å². The number of aryl methyl sites for hydroxylation is 1. The normalized spacial score (nSPS) is 10.8. The molecule has 0 aliphatic heterocycles. The summed E-state index contributed by atoms with van der Waals surface area (Å²) in [6.07, 6.45) is 0. The average Bonchev–Trinajstić information content (AvgIpc) is 2.36. The quantitative estimate of drug-likeness (QED) is 0.573. The second-order valence-corrected chi connectivity index (χ2v) is 3.92. The van der Waals surface area contributed by atoms with E-state index in [1.807, 2.05) is 0 Å². The van der Waals surface area contributed by atoms with Crippen LogP contribution in [0, 0.1) is 0 Å². The topological polar surface area (TPSA) is 115 Å². The molecule has 0 unspecified atom stereocenters. The van der Waals surface area contributed by atoms with Crippen LogP contribution in [0.25, 0.3) is 11.0 Å². The minimum Gasteiger partial charge on any atom is -0.393 e. The lowest BCUT2D eigenvalue weighted by Crippen LogP contribution is -2.39. The lowest BCUT2D eigenvalue weighted by atomic mass is 10.2. The number of rotatable bonds is 1. The molecule has 0 aromatic carbocycles. The predicted octanol–water partition coefficient (Wildman–Crippen LogP) is -1.45. The van der Waals surface area contributed by atoms with Crippen LogP contribution in [0.15, 0.2) is 14.4 Å². The molecule has 18 heavy (non-hydrogen) atoms. The number of anilines is 2. The number of nitrogen functional groups attached to an aromatic ring is 1. The fourth-order valence-corrected chi connectivity index (χ4v) is 1.83. The lowest BCUT2D eigenvalue weighted by Gasteiger charge is -2.10. The standard InChI is InChI=1S/C10H13N5O3/c1-12-7-5(11)6(16)4-8(13-7)14(2)10(18)15(3)9(4)17/h11H2,1-3H3,(H2,12,13,16). The van der Waals surface area contributed by atoms with Gasteiger partial charge in [0.1, 0.15) is 22.5 Å². The summed E-state index contributed by atoms with van der Waals surface area (Å²) < 4.78 is 2.06. The van der Waals surface area contributed by atoms with Crippen molar-refractivity contribution in [3.63, 3.8) is 0 Å². The summed E-state index contributed by atoms with van der Waals surface area (Å²) >= 11 is 0. The molecule has 8 nitrogen and oxygen atoms in total. The maximum Gasteiger partial charge on any atom is 0.332 e. The molecule has 8 heteroatoms. The van der Waals surface area contributed by atoms with E-state index in [0.717, 1.165) is 4.57 Å². The van der Waals surface area contributed by atoms with E-state index in [-0.39, 0.29) is 22.5 Å². The number of aromatic nitrogens is 3. The van der Waals surface area contributed by atoms with E-state index in [1.54, 1.807) is 7.05 Å². The van der Waals surface area contributed by atoms with Gasteiger partial charge in [-0.25, -0.2) is 4.79 Å². The largest absolute Gasteiger partial charge is 0.393 e. The van der Waals surface area contributed by atoms with Gasteiger partial charge in [-0.2, -0.15) is 0 Å². The van der Waals surface area contributed by atoms with E-state index in [0.29, 0.717) is 0 Å². The zero-order valence-electron chi connectivity index (χ0n) is 10.2. The Hall–Kier alpha value is -2.51. The Morgan fingerprint density at radius 1 is 1.17 bits per heavy atom. The average molecular weight is 251 g/mol. The molecule has 0 radical (unpaired) electrons. The zero-order valence-corrected chi connectivity index (χ0v) is 10.2. The molecule has 2 aromatic rings. The van der Waals surface area contributed by atoms with Crippen molar-refractivity contribution in [1.29, 1.82) is 0 Å². The van der Waals surface area contributed by atoms with Crippen LogP contribution < -0.4 is 27.7 Å². The Morgan fingerprint density at radius 3 is 2.33 bits per heavy atom. The Kier molecular flexibility index (Phi) is 2.50. The Morgan fingerprint density at radius 2 is 1.78 bits per heavy atom. The van der Waals surface area contributed by atoms with Gasteiger partial charge < -0.3 is 16.0 Å². The fraction of sp³-hybridized carbons (Fsp3) is 0.300. The summed E-state index contributed by atoms with van der Waals surface area (Å²) in [7, 11) is 4.36. The van der Waals surface area contributed by atoms with Gasteiger partial charge in [0.05, 0.1) is 0 Å². The van der Waals surface area contributed by atoms with E-state index in [1.165, 1.54) is 18.7 Å². The van der Waals surface area contributed by atoms with Crippen LogP contribution in [0.4, 0.5) is 11.5 Å². The molecule has 0 fully saturated rings. The van der Waals surface area contributed by atoms with E-state index in [4.69, 9.17) is 5.73 Å². The number of nitrogens with zero attached hydrogens (tertiary/aromatic N) is 2. The van der Waals surface area contributed by atoms with Gasteiger partial charge >= 0.3 is 5.69 Å². The minimum atomic E-state index is -0.663. The van der Waals surface area contributed by atoms with Crippen LogP contribution in [0.3, 0.4) is 0 Å². The summed E-state index contributed by atoms with van der Waals surface area (Å²) in [5, 5.41) is 2.58. The molecule has 0 saturated carbocycles. The Labute approximate surface area is 101 Å². The molecule has 96 valence electrons. The third-order valence-electron chi connectivity index (χ3n) is 2.90. The van der Waals surface area contributed by atoms with Gasteiger partial charge in [0, 0.05) is 21.1 Å². The Balaban J connectivity index is 3.23. The lowest BCUT2D eigenvalue weighted by molar-refractivity contribution is 0.707. The summed E-state index contributed by atoms with van der Waals surface area (Å²) in [5.41, 5.74) is 3.91. The van der Waals surface area contributed by atoms with Crippen molar-refractivity contribution in [2.75, 3.05) is 18.1 Å². The van der Waals surface area contributed by atoms with Crippen molar-refractivity contribution in [1.82, 2.24) is 14.1 Å². The van der Waals surface area contributed by atoms with Gasteiger partial charge in [0.2, 0.25) is 5.43 Å². The van der Waals surface area contributed by atoms with E-state index < -0.39 is 16.7 Å². The smallest absolute Gasteiger partial charge is 0.332 e. The SMILES string of the molecule is CNc1[nH]c2c(c(=O)c1N)c(=O)n(C)c(=O)n2C. The van der Waals surface area contributed by atoms with Crippen molar-refractivity contribution in [3.05, 3.63) is 31.1 Å². The van der Waals surface area contributed by atoms with Gasteiger partial charge in [-0.05, 0) is 0 Å². The molecule has 4 N–H and O–H groups in total. The highest BCUT2D eigenvalue weighted by molar-refractivity contribution is 5.82. The number of aromatic amines is 1. The third-order valence-corrected chi connectivity index (χ3v) is 2.90. The molecule has 0 spiro atoms. The second kappa shape index (κ2) is 3.76. The van der Waals surface area contributed by atoms with Crippen LogP contribution in [0.5, 0.6) is 0 Å². The fourth-order valence-electron chi connectivity index (χ4n) is 1.83. The molecule has 0 aliphatic carbocycles. The summed E-state index contributed by atoms with van der Waals surface area (Å²) in [4.78, 5) is 38.5. The van der Waals surface area contributed by atoms with Crippen molar-refractivity contribution >= 4 is 22.5 Å². The van der Waals surface area contributed by atoms with Crippen molar-refractivity contribution in [3.8, 4) is 0 Å². The number of nitrogens with one attached hydrogen (secondary N) is 2. The van der Waals surface area contributed by atoms with Gasteiger partial charge in [-0.1, -0.05) is 0 Å². The molecule has 0 bridgehead atoms. The molecule has 0 aliphatic rings. The van der Waals surface area contributed by atoms with E-state index in [2.05, 4.69) is 10.3 Å². The molecule has 2 heterocycles. The van der Waals surface area contributed by atoms with Gasteiger partial charge in [0.15, 0.2) is 0 Å². The first-order valence-electron chi connectivity index (χ1n) is 5.19. The highest BCUT2D eigenvalue weighted by atomic mass is 16.2. The molecule has 2 aromatic heterocycles. The van der Waals surface area contributed by atoms with Crippen molar-refractivity contribution in [2.45, 2.75) is 0 Å². The molecule has 2 rings (SSSR count). The van der Waals surface area contributed by atoms with Crippen LogP contribution in [0.1, 0.15) is 0 Å². The van der Waals surface area contributed by atoms with Crippen molar-refractivity contribution in [2.24, 2.45) is 14.1 Å². The highest BCUT2D eigenvalue weighted by Crippen LogP contribution is 2.12. The van der Waals surface area contributed by atoms with Gasteiger partial charge in [0.25, 0.3) is 5.56 Å². The van der Waals surface area contributed by atoms with Crippen molar-refractivity contribution < 1.29 is 0 Å². The van der Waals surface area contributed by atoms with Crippen LogP contribution in [-0.2, 0) is 14.1 Å². The monoisotopic (exact) mass is 251 g/mol. The zero-order chi connectivity index (χ0) is 13.6. The number of hydrogen-bond acceptors (Lipinski definition) is 5. The number of H-pyrrole nitrogens is 1. The summed E-state index contributed by atoms with van der Waals surface area (Å²) in [6, 6.07) is 0. The van der Waals surface area contributed by atoms with E-state index >= 15 is 0 Å². The maximum atomic E-state index is 12.0. The summed E-state index contributed by atoms with van der Waals surface area (Å²) in [5.74, 6) is 0.274. The van der Waals surface area contributed by atoms with E-state index in [9.17, 15) is 14.4 Å². The molecular weight excluding hydrogens is 238 g/mol. The summed E-state index contributed by atoms with van der Waals surface area (Å²) in [6.45, 7) is 0. The number of pyridine rings is 1. The molecule has 0 atom stereocenters. The molecule has 0 saturated heterocycles. The maximum absolute atomic E-state index is 12.0. The minimum absolute atomic E-state index is 0.0826. The number of nitrogens with two attached hydrogens (primary N) is 1.